The summed E-state index contributed by atoms with van der Waals surface area (Å²) in [7, 11) is 0. The van der Waals surface area contributed by atoms with Gasteiger partial charge in [-0.05, 0) is 69.9 Å². The van der Waals surface area contributed by atoms with Crippen molar-refractivity contribution in [2.45, 2.75) is 65.5 Å². The van der Waals surface area contributed by atoms with E-state index in [1.54, 1.807) is 0 Å². The topological polar surface area (TPSA) is 42.0 Å². The SMILES string of the molecule is CCOc1cc(N(CC)CC)ccc1C1(C2(C)Cc3ccccc3N2CCC(C)C)OC(=O)c2ccccc21. The zero-order valence-corrected chi connectivity index (χ0v) is 24.3. The monoisotopic (exact) mass is 526 g/mol. The highest BCUT2D eigenvalue weighted by molar-refractivity contribution is 5.96. The molecule has 2 atom stereocenters. The summed E-state index contributed by atoms with van der Waals surface area (Å²) in [6, 6.07) is 23.0. The summed E-state index contributed by atoms with van der Waals surface area (Å²) in [5.74, 6) is 1.04. The highest BCUT2D eigenvalue weighted by atomic mass is 16.6. The van der Waals surface area contributed by atoms with Crippen LogP contribution in [0.25, 0.3) is 0 Å². The lowest BCUT2D eigenvalue weighted by molar-refractivity contribution is -0.0258. The highest BCUT2D eigenvalue weighted by Gasteiger charge is 2.64. The van der Waals surface area contributed by atoms with Crippen molar-refractivity contribution in [3.63, 3.8) is 0 Å². The number of nitrogens with zero attached hydrogens (tertiary/aromatic N) is 2. The number of hydrogen-bond donors (Lipinski definition) is 0. The largest absolute Gasteiger partial charge is 0.493 e. The van der Waals surface area contributed by atoms with Crippen molar-refractivity contribution < 1.29 is 14.3 Å². The van der Waals surface area contributed by atoms with Gasteiger partial charge in [0.15, 0.2) is 5.60 Å². The van der Waals surface area contributed by atoms with Crippen LogP contribution in [0.2, 0.25) is 0 Å². The van der Waals surface area contributed by atoms with Crippen LogP contribution in [-0.2, 0) is 16.8 Å². The Kier molecular flexibility index (Phi) is 7.37. The Balaban J connectivity index is 1.79. The van der Waals surface area contributed by atoms with Crippen molar-refractivity contribution in [3.05, 3.63) is 89.0 Å². The van der Waals surface area contributed by atoms with Gasteiger partial charge in [-0.2, -0.15) is 0 Å². The van der Waals surface area contributed by atoms with Gasteiger partial charge in [0.25, 0.3) is 0 Å². The van der Waals surface area contributed by atoms with Gasteiger partial charge >= 0.3 is 5.97 Å². The van der Waals surface area contributed by atoms with Crippen LogP contribution >= 0.6 is 0 Å². The van der Waals surface area contributed by atoms with Crippen molar-refractivity contribution >= 4 is 17.3 Å². The van der Waals surface area contributed by atoms with Crippen LogP contribution in [0.5, 0.6) is 5.75 Å². The summed E-state index contributed by atoms with van der Waals surface area (Å²) in [5, 5.41) is 0. The van der Waals surface area contributed by atoms with Crippen LogP contribution in [0.3, 0.4) is 0 Å². The third kappa shape index (κ3) is 4.27. The molecule has 0 fully saturated rings. The number of fused-ring (bicyclic) bond motifs is 2. The summed E-state index contributed by atoms with van der Waals surface area (Å²) in [6.07, 6.45) is 1.79. The molecule has 2 aliphatic rings. The average molecular weight is 527 g/mol. The molecule has 2 heterocycles. The molecule has 0 saturated heterocycles. The van der Waals surface area contributed by atoms with E-state index < -0.39 is 11.1 Å². The number of ether oxygens (including phenoxy) is 2. The van der Waals surface area contributed by atoms with Crippen molar-refractivity contribution in [2.75, 3.05) is 36.0 Å². The zero-order chi connectivity index (χ0) is 27.8. The lowest BCUT2D eigenvalue weighted by atomic mass is 9.69. The normalized spacial score (nSPS) is 21.6. The van der Waals surface area contributed by atoms with Gasteiger partial charge in [-0.1, -0.05) is 50.2 Å². The van der Waals surface area contributed by atoms with E-state index in [2.05, 4.69) is 92.9 Å². The van der Waals surface area contributed by atoms with Crippen molar-refractivity contribution in [2.24, 2.45) is 5.92 Å². The molecular formula is C34H42N2O3. The third-order valence-corrected chi connectivity index (χ3v) is 8.65. The molecule has 5 heteroatoms. The van der Waals surface area contributed by atoms with Gasteiger partial charge in [-0.15, -0.1) is 0 Å². The fourth-order valence-corrected chi connectivity index (χ4v) is 6.69. The van der Waals surface area contributed by atoms with Crippen LogP contribution in [0.15, 0.2) is 66.7 Å². The van der Waals surface area contributed by atoms with Gasteiger partial charge in [0.2, 0.25) is 0 Å². The number of para-hydroxylation sites is 1. The van der Waals surface area contributed by atoms with Gasteiger partial charge < -0.3 is 19.3 Å². The molecule has 3 aromatic carbocycles. The van der Waals surface area contributed by atoms with E-state index in [0.29, 0.717) is 18.1 Å². The molecule has 5 rings (SSSR count). The molecule has 0 aliphatic carbocycles. The molecule has 0 N–H and O–H groups in total. The summed E-state index contributed by atoms with van der Waals surface area (Å²) in [4.78, 5) is 18.5. The molecule has 0 bridgehead atoms. The van der Waals surface area contributed by atoms with E-state index >= 15 is 0 Å². The smallest absolute Gasteiger partial charge is 0.339 e. The molecule has 0 spiro atoms. The number of carbonyl (C=O) groups excluding carboxylic acids is 1. The minimum absolute atomic E-state index is 0.276. The van der Waals surface area contributed by atoms with Gasteiger partial charge in [0.1, 0.15) is 5.75 Å². The Hall–Kier alpha value is -3.47. The van der Waals surface area contributed by atoms with E-state index in [9.17, 15) is 4.79 Å². The predicted molar refractivity (Wildman–Crippen MR) is 159 cm³/mol. The van der Waals surface area contributed by atoms with Crippen LogP contribution in [0.1, 0.15) is 75.0 Å². The Morgan fingerprint density at radius 3 is 2.41 bits per heavy atom. The molecular weight excluding hydrogens is 484 g/mol. The number of benzene rings is 3. The van der Waals surface area contributed by atoms with E-state index in [1.807, 2.05) is 25.1 Å². The van der Waals surface area contributed by atoms with Crippen molar-refractivity contribution in [1.29, 1.82) is 0 Å². The predicted octanol–water partition coefficient (Wildman–Crippen LogP) is 7.21. The maximum Gasteiger partial charge on any atom is 0.339 e. The molecule has 39 heavy (non-hydrogen) atoms. The first-order valence-electron chi connectivity index (χ1n) is 14.5. The summed E-state index contributed by atoms with van der Waals surface area (Å²) in [6.45, 7) is 16.3. The number of anilines is 2. The summed E-state index contributed by atoms with van der Waals surface area (Å²) in [5.41, 5.74) is 4.43. The highest BCUT2D eigenvalue weighted by Crippen LogP contribution is 2.58. The Morgan fingerprint density at radius 1 is 0.974 bits per heavy atom. The quantitative estimate of drug-likeness (QED) is 0.261. The lowest BCUT2D eigenvalue weighted by Gasteiger charge is -2.50. The number of carbonyl (C=O) groups is 1. The number of esters is 1. The number of rotatable bonds is 10. The first-order valence-corrected chi connectivity index (χ1v) is 14.5. The zero-order valence-electron chi connectivity index (χ0n) is 24.3. The molecule has 0 saturated carbocycles. The Bertz CT molecular complexity index is 1350. The second-order valence-electron chi connectivity index (χ2n) is 11.3. The Morgan fingerprint density at radius 2 is 1.69 bits per heavy atom. The molecule has 206 valence electrons. The van der Waals surface area contributed by atoms with Gasteiger partial charge in [-0.3, -0.25) is 0 Å². The van der Waals surface area contributed by atoms with Gasteiger partial charge in [0.05, 0.1) is 17.7 Å². The Labute approximate surface area is 233 Å². The molecule has 2 unspecified atom stereocenters. The second kappa shape index (κ2) is 10.6. The van der Waals surface area contributed by atoms with E-state index in [0.717, 1.165) is 55.0 Å². The summed E-state index contributed by atoms with van der Waals surface area (Å²) >= 11 is 0. The minimum atomic E-state index is -1.05. The minimum Gasteiger partial charge on any atom is -0.493 e. The molecule has 2 aliphatic heterocycles. The molecule has 0 aromatic heterocycles. The van der Waals surface area contributed by atoms with Crippen LogP contribution in [-0.4, -0.2) is 37.7 Å². The van der Waals surface area contributed by atoms with E-state index in [4.69, 9.17) is 9.47 Å². The lowest BCUT2D eigenvalue weighted by Crippen LogP contribution is -2.61. The molecule has 3 aromatic rings. The molecule has 0 amide bonds. The fourth-order valence-electron chi connectivity index (χ4n) is 6.69. The van der Waals surface area contributed by atoms with Gasteiger partial charge in [-0.25, -0.2) is 4.79 Å². The fraction of sp³-hybridized carbons (Fsp3) is 0.441. The first-order chi connectivity index (χ1) is 18.8. The number of cyclic esters (lactones) is 1. The van der Waals surface area contributed by atoms with Crippen LogP contribution < -0.4 is 14.5 Å². The van der Waals surface area contributed by atoms with E-state index in [-0.39, 0.29) is 5.97 Å². The van der Waals surface area contributed by atoms with Crippen LogP contribution in [0, 0.1) is 5.92 Å². The summed E-state index contributed by atoms with van der Waals surface area (Å²) < 4.78 is 13.1. The standard InChI is InChI=1S/C34H42N2O3/c1-7-35(8-2)26-18-19-29(31(22-26)38-9-3)34(28-16-12-11-15-27(28)32(37)39-34)33(6)23-25-14-10-13-17-30(25)36(33)21-20-24(4)5/h10-19,22,24H,7-9,20-21,23H2,1-6H3. The van der Waals surface area contributed by atoms with Gasteiger partial charge in [0, 0.05) is 54.6 Å². The van der Waals surface area contributed by atoms with Crippen molar-refractivity contribution in [3.8, 4) is 5.75 Å². The maximum absolute atomic E-state index is 13.6. The first kappa shape index (κ1) is 27.1. The second-order valence-corrected chi connectivity index (χ2v) is 11.3. The molecule has 0 radical (unpaired) electrons. The van der Waals surface area contributed by atoms with E-state index in [1.165, 1.54) is 11.3 Å². The molecule has 5 nitrogen and oxygen atoms in total. The third-order valence-electron chi connectivity index (χ3n) is 8.65. The van der Waals surface area contributed by atoms with Crippen molar-refractivity contribution in [1.82, 2.24) is 0 Å². The van der Waals surface area contributed by atoms with Crippen LogP contribution in [0.4, 0.5) is 11.4 Å². The average Bonchev–Trinajstić information content (AvgIpc) is 3.41. The maximum atomic E-state index is 13.6. The number of hydrogen-bond acceptors (Lipinski definition) is 5.